The van der Waals surface area contributed by atoms with Gasteiger partial charge in [0.05, 0.1) is 6.04 Å². The van der Waals surface area contributed by atoms with Crippen LogP contribution in [0.2, 0.25) is 0 Å². The molecular formula is C12H19N3OS. The summed E-state index contributed by atoms with van der Waals surface area (Å²) in [5, 5.41) is 4.28. The van der Waals surface area contributed by atoms with Crippen molar-refractivity contribution in [2.75, 3.05) is 26.2 Å². The normalized spacial score (nSPS) is 19.3. The molecule has 2 heterocycles. The smallest absolute Gasteiger partial charge is 0.239 e. The third-order valence-electron chi connectivity index (χ3n) is 3.06. The number of hydrogen-bond donors (Lipinski definition) is 1. The Hall–Kier alpha value is -0.910. The Morgan fingerprint density at radius 2 is 2.18 bits per heavy atom. The van der Waals surface area contributed by atoms with Crippen LogP contribution in [0.15, 0.2) is 16.8 Å². The number of piperazine rings is 1. The summed E-state index contributed by atoms with van der Waals surface area (Å²) in [7, 11) is 0. The fraction of sp³-hybridized carbons (Fsp3) is 0.583. The van der Waals surface area contributed by atoms with Gasteiger partial charge in [-0.2, -0.15) is 11.3 Å². The maximum atomic E-state index is 11.7. The molecule has 1 unspecified atom stereocenters. The molecule has 1 aromatic rings. The maximum absolute atomic E-state index is 11.7. The molecule has 0 saturated carbocycles. The topological polar surface area (TPSA) is 49.6 Å². The molecule has 4 nitrogen and oxygen atoms in total. The van der Waals surface area contributed by atoms with Gasteiger partial charge in [0.2, 0.25) is 5.91 Å². The van der Waals surface area contributed by atoms with Crippen LogP contribution in [0.5, 0.6) is 0 Å². The van der Waals surface area contributed by atoms with E-state index in [-0.39, 0.29) is 11.9 Å². The van der Waals surface area contributed by atoms with Gasteiger partial charge in [0, 0.05) is 32.7 Å². The molecular weight excluding hydrogens is 234 g/mol. The minimum absolute atomic E-state index is 0.0696. The molecule has 94 valence electrons. The molecule has 1 aliphatic heterocycles. The first-order chi connectivity index (χ1) is 8.16. The van der Waals surface area contributed by atoms with Crippen molar-refractivity contribution in [3.8, 4) is 0 Å². The molecule has 0 spiro atoms. The summed E-state index contributed by atoms with van der Waals surface area (Å²) in [6, 6.07) is 1.78. The average Bonchev–Trinajstić information content (AvgIpc) is 2.82. The van der Waals surface area contributed by atoms with Crippen LogP contribution < -0.4 is 5.73 Å². The lowest BCUT2D eigenvalue weighted by Gasteiger charge is -2.35. The third-order valence-corrected chi connectivity index (χ3v) is 3.79. The highest BCUT2D eigenvalue weighted by molar-refractivity contribution is 7.07. The Bertz CT molecular complexity index is 356. The van der Waals surface area contributed by atoms with Crippen molar-refractivity contribution in [3.05, 3.63) is 22.4 Å². The average molecular weight is 253 g/mol. The van der Waals surface area contributed by atoms with Crippen LogP contribution in [0.1, 0.15) is 12.5 Å². The monoisotopic (exact) mass is 253 g/mol. The maximum Gasteiger partial charge on any atom is 0.239 e. The quantitative estimate of drug-likeness (QED) is 0.864. The SMILES string of the molecule is CC(N)C(=O)N1CCN(Cc2ccsc2)CC1. The summed E-state index contributed by atoms with van der Waals surface area (Å²) in [4.78, 5) is 16.0. The summed E-state index contributed by atoms with van der Waals surface area (Å²) in [5.41, 5.74) is 6.97. The predicted octanol–water partition coefficient (Wildman–Crippen LogP) is 0.740. The van der Waals surface area contributed by atoms with Gasteiger partial charge in [-0.3, -0.25) is 9.69 Å². The van der Waals surface area contributed by atoms with Crippen LogP contribution in [0.3, 0.4) is 0 Å². The van der Waals surface area contributed by atoms with Gasteiger partial charge in [0.1, 0.15) is 0 Å². The summed E-state index contributed by atoms with van der Waals surface area (Å²) in [6.45, 7) is 6.21. The summed E-state index contributed by atoms with van der Waals surface area (Å²) in [6.07, 6.45) is 0. The third kappa shape index (κ3) is 3.28. The predicted molar refractivity (Wildman–Crippen MR) is 69.8 cm³/mol. The van der Waals surface area contributed by atoms with Crippen molar-refractivity contribution in [1.29, 1.82) is 0 Å². The van der Waals surface area contributed by atoms with E-state index in [4.69, 9.17) is 5.73 Å². The van der Waals surface area contributed by atoms with Crippen molar-refractivity contribution < 1.29 is 4.79 Å². The van der Waals surface area contributed by atoms with Crippen molar-refractivity contribution in [2.24, 2.45) is 5.73 Å². The Morgan fingerprint density at radius 1 is 1.47 bits per heavy atom. The zero-order chi connectivity index (χ0) is 12.3. The van der Waals surface area contributed by atoms with Crippen LogP contribution in [0.4, 0.5) is 0 Å². The molecule has 1 fully saturated rings. The van der Waals surface area contributed by atoms with E-state index >= 15 is 0 Å². The van der Waals surface area contributed by atoms with Crippen molar-refractivity contribution in [1.82, 2.24) is 9.80 Å². The van der Waals surface area contributed by atoms with E-state index in [1.165, 1.54) is 5.56 Å². The zero-order valence-electron chi connectivity index (χ0n) is 10.1. The van der Waals surface area contributed by atoms with E-state index in [9.17, 15) is 4.79 Å². The Balaban J connectivity index is 1.80. The minimum Gasteiger partial charge on any atom is -0.339 e. The van der Waals surface area contributed by atoms with Gasteiger partial charge in [-0.1, -0.05) is 0 Å². The molecule has 17 heavy (non-hydrogen) atoms. The number of amides is 1. The molecule has 0 aliphatic carbocycles. The first-order valence-electron chi connectivity index (χ1n) is 5.94. The van der Waals surface area contributed by atoms with Gasteiger partial charge in [-0.05, 0) is 29.3 Å². The second-order valence-electron chi connectivity index (χ2n) is 4.52. The molecule has 1 saturated heterocycles. The Labute approximate surface area is 106 Å². The van der Waals surface area contributed by atoms with Gasteiger partial charge in [-0.25, -0.2) is 0 Å². The van der Waals surface area contributed by atoms with Crippen molar-refractivity contribution >= 4 is 17.2 Å². The van der Waals surface area contributed by atoms with Gasteiger partial charge >= 0.3 is 0 Å². The van der Waals surface area contributed by atoms with E-state index in [0.717, 1.165) is 32.7 Å². The van der Waals surface area contributed by atoms with Crippen LogP contribution >= 0.6 is 11.3 Å². The summed E-state index contributed by atoms with van der Waals surface area (Å²) < 4.78 is 0. The number of nitrogens with zero attached hydrogens (tertiary/aromatic N) is 2. The van der Waals surface area contributed by atoms with Crippen LogP contribution in [0, 0.1) is 0 Å². The Morgan fingerprint density at radius 3 is 2.71 bits per heavy atom. The standard InChI is InChI=1S/C12H19N3OS/c1-10(13)12(16)15-5-3-14(4-6-15)8-11-2-7-17-9-11/h2,7,9-10H,3-6,8,13H2,1H3. The van der Waals surface area contributed by atoms with E-state index in [1.807, 2.05) is 4.90 Å². The highest BCUT2D eigenvalue weighted by Gasteiger charge is 2.22. The molecule has 0 bridgehead atoms. The molecule has 0 radical (unpaired) electrons. The lowest BCUT2D eigenvalue weighted by atomic mass is 10.2. The molecule has 1 aliphatic rings. The lowest BCUT2D eigenvalue weighted by Crippen LogP contribution is -2.52. The number of thiophene rings is 1. The summed E-state index contributed by atoms with van der Waals surface area (Å²) >= 11 is 1.73. The van der Waals surface area contributed by atoms with Gasteiger partial charge in [0.25, 0.3) is 0 Å². The fourth-order valence-corrected chi connectivity index (χ4v) is 2.71. The number of carbonyl (C=O) groups excluding carboxylic acids is 1. The molecule has 1 amide bonds. The largest absolute Gasteiger partial charge is 0.339 e. The number of nitrogens with two attached hydrogens (primary N) is 1. The highest BCUT2D eigenvalue weighted by Crippen LogP contribution is 2.11. The first-order valence-corrected chi connectivity index (χ1v) is 6.89. The van der Waals surface area contributed by atoms with E-state index in [2.05, 4.69) is 21.7 Å². The molecule has 5 heteroatoms. The van der Waals surface area contributed by atoms with E-state index < -0.39 is 0 Å². The van der Waals surface area contributed by atoms with E-state index in [1.54, 1.807) is 18.3 Å². The van der Waals surface area contributed by atoms with Gasteiger partial charge < -0.3 is 10.6 Å². The molecule has 0 aromatic carbocycles. The van der Waals surface area contributed by atoms with Crippen molar-refractivity contribution in [3.63, 3.8) is 0 Å². The second kappa shape index (κ2) is 5.62. The van der Waals surface area contributed by atoms with Crippen LogP contribution in [-0.4, -0.2) is 47.9 Å². The van der Waals surface area contributed by atoms with Crippen LogP contribution in [0.25, 0.3) is 0 Å². The summed E-state index contributed by atoms with van der Waals surface area (Å²) in [5.74, 6) is 0.0696. The van der Waals surface area contributed by atoms with Gasteiger partial charge in [0.15, 0.2) is 0 Å². The molecule has 2 rings (SSSR count). The molecule has 1 aromatic heterocycles. The first kappa shape index (κ1) is 12.5. The number of carbonyl (C=O) groups is 1. The molecule has 1 atom stereocenters. The van der Waals surface area contributed by atoms with Gasteiger partial charge in [-0.15, -0.1) is 0 Å². The zero-order valence-corrected chi connectivity index (χ0v) is 10.9. The highest BCUT2D eigenvalue weighted by atomic mass is 32.1. The van der Waals surface area contributed by atoms with Crippen LogP contribution in [-0.2, 0) is 11.3 Å². The number of hydrogen-bond acceptors (Lipinski definition) is 4. The fourth-order valence-electron chi connectivity index (χ4n) is 2.06. The Kier molecular flexibility index (Phi) is 4.15. The molecule has 2 N–H and O–H groups in total. The number of rotatable bonds is 3. The van der Waals surface area contributed by atoms with E-state index in [0.29, 0.717) is 0 Å². The minimum atomic E-state index is -0.376. The second-order valence-corrected chi connectivity index (χ2v) is 5.30. The van der Waals surface area contributed by atoms with Crippen molar-refractivity contribution in [2.45, 2.75) is 19.5 Å². The lowest BCUT2D eigenvalue weighted by molar-refractivity contribution is -0.134.